The van der Waals surface area contributed by atoms with Crippen molar-refractivity contribution >= 4 is 23.9 Å². The standard InChI is InChI=1S/2C5H10O3.C4H10O2.2C4H8O2.C3H8O/c1-8-5(7)3-2-4-6;1-5(7)8-4-2-3-6;1-6-4-2-3-5;1-3-4(5)6-2;1-3-6-4(2)5;1-3-4-2/h2*6H,2-4H2,1H3;5H,2-4H2,1H3;2*3H2,1-2H3;3H2,1-2H3. The number of carbonyl (C=O) groups is 4. The predicted octanol–water partition coefficient (Wildman–Crippen LogP) is 1.67. The second-order valence-corrected chi connectivity index (χ2v) is 6.32. The van der Waals surface area contributed by atoms with Gasteiger partial charge >= 0.3 is 23.9 Å². The van der Waals surface area contributed by atoms with Crippen LogP contribution in [0.25, 0.3) is 0 Å². The number of rotatable bonds is 12. The predicted molar refractivity (Wildman–Crippen MR) is 142 cm³/mol. The van der Waals surface area contributed by atoms with Crippen molar-refractivity contribution in [3.63, 3.8) is 0 Å². The van der Waals surface area contributed by atoms with Crippen LogP contribution in [-0.4, -0.2) is 114 Å². The van der Waals surface area contributed by atoms with Crippen molar-refractivity contribution in [2.45, 2.75) is 66.7 Å². The van der Waals surface area contributed by atoms with Gasteiger partial charge in [-0.05, 0) is 26.7 Å². The summed E-state index contributed by atoms with van der Waals surface area (Å²) in [5, 5.41) is 24.5. The lowest BCUT2D eigenvalue weighted by atomic mass is 10.3. The molecule has 0 radical (unpaired) electrons. The third-order valence-corrected chi connectivity index (χ3v) is 3.03. The molecule has 0 aromatic carbocycles. The SMILES string of the molecule is CC(=O)OCCCO.CCC(=O)OC.CCOC.CCOC(C)=O.COC(=O)CCCO.COCCCO. The third-order valence-electron chi connectivity index (χ3n) is 3.03. The first-order valence-electron chi connectivity index (χ1n) is 12.2. The minimum atomic E-state index is -0.293. The Balaban J connectivity index is -0.0000000819. The van der Waals surface area contributed by atoms with Crippen molar-refractivity contribution in [1.82, 2.24) is 0 Å². The molecule has 0 saturated heterocycles. The van der Waals surface area contributed by atoms with Gasteiger partial charge < -0.3 is 43.7 Å². The first-order valence-corrected chi connectivity index (χ1v) is 12.2. The van der Waals surface area contributed by atoms with E-state index < -0.39 is 0 Å². The number of esters is 4. The summed E-state index contributed by atoms with van der Waals surface area (Å²) in [5.74, 6) is -0.926. The molecular weight excluding hydrogens is 508 g/mol. The van der Waals surface area contributed by atoms with E-state index in [1.165, 1.54) is 28.1 Å². The van der Waals surface area contributed by atoms with Crippen LogP contribution in [0.4, 0.5) is 0 Å². The molecule has 0 aromatic heterocycles. The average Bonchev–Trinajstić information content (AvgIpc) is 2.91. The van der Waals surface area contributed by atoms with Gasteiger partial charge in [-0.3, -0.25) is 19.2 Å². The number of hydrogen-bond donors (Lipinski definition) is 3. The van der Waals surface area contributed by atoms with Crippen LogP contribution in [0.2, 0.25) is 0 Å². The summed E-state index contributed by atoms with van der Waals surface area (Å²) in [7, 11) is 6.02. The van der Waals surface area contributed by atoms with E-state index in [4.69, 9.17) is 15.3 Å². The Hall–Kier alpha value is -2.32. The Kier molecular flexibility index (Phi) is 65.8. The van der Waals surface area contributed by atoms with Crippen molar-refractivity contribution in [2.24, 2.45) is 0 Å². The molecule has 0 atom stereocenters. The maximum Gasteiger partial charge on any atom is 0.305 e. The van der Waals surface area contributed by atoms with Gasteiger partial charge in [-0.1, -0.05) is 6.92 Å². The zero-order chi connectivity index (χ0) is 31.0. The van der Waals surface area contributed by atoms with Crippen molar-refractivity contribution in [1.29, 1.82) is 0 Å². The van der Waals surface area contributed by atoms with Crippen molar-refractivity contribution in [3.8, 4) is 0 Å². The summed E-state index contributed by atoms with van der Waals surface area (Å²) >= 11 is 0. The molecule has 0 unspecified atom stereocenters. The van der Waals surface area contributed by atoms with Gasteiger partial charge in [-0.15, -0.1) is 0 Å². The summed E-state index contributed by atoms with van der Waals surface area (Å²) in [4.78, 5) is 40.0. The highest BCUT2D eigenvalue weighted by atomic mass is 16.5. The Morgan fingerprint density at radius 2 is 1.00 bits per heavy atom. The molecule has 3 N–H and O–H groups in total. The monoisotopic (exact) mass is 562 g/mol. The van der Waals surface area contributed by atoms with Crippen LogP contribution < -0.4 is 0 Å². The van der Waals surface area contributed by atoms with Crippen LogP contribution in [0.3, 0.4) is 0 Å². The second kappa shape index (κ2) is 51.3. The van der Waals surface area contributed by atoms with E-state index in [9.17, 15) is 19.2 Å². The number of carbonyl (C=O) groups excluding carboxylic acids is 4. The zero-order valence-electron chi connectivity index (χ0n) is 24.9. The normalized spacial score (nSPS) is 8.32. The third kappa shape index (κ3) is 92.9. The Morgan fingerprint density at radius 3 is 1.18 bits per heavy atom. The van der Waals surface area contributed by atoms with E-state index in [-0.39, 0.29) is 43.7 Å². The van der Waals surface area contributed by atoms with E-state index in [1.807, 2.05) is 6.92 Å². The van der Waals surface area contributed by atoms with Gasteiger partial charge in [-0.2, -0.15) is 0 Å². The number of aliphatic hydroxyl groups excluding tert-OH is 3. The molecule has 0 spiro atoms. The van der Waals surface area contributed by atoms with Crippen molar-refractivity contribution in [3.05, 3.63) is 0 Å². The molecule has 38 heavy (non-hydrogen) atoms. The molecule has 0 aliphatic rings. The molecular formula is C25H54O13. The largest absolute Gasteiger partial charge is 0.469 e. The van der Waals surface area contributed by atoms with Gasteiger partial charge in [-0.25, -0.2) is 0 Å². The van der Waals surface area contributed by atoms with Crippen LogP contribution in [0.1, 0.15) is 66.7 Å². The van der Waals surface area contributed by atoms with Crippen LogP contribution in [0.15, 0.2) is 0 Å². The highest BCUT2D eigenvalue weighted by Crippen LogP contribution is 1.88. The summed E-state index contributed by atoms with van der Waals surface area (Å²) in [6, 6.07) is 0. The van der Waals surface area contributed by atoms with Crippen molar-refractivity contribution < 1.29 is 62.9 Å². The summed E-state index contributed by atoms with van der Waals surface area (Å²) in [6.07, 6.45) is 2.55. The number of aliphatic hydroxyl groups is 3. The van der Waals surface area contributed by atoms with Crippen LogP contribution >= 0.6 is 0 Å². The lowest BCUT2D eigenvalue weighted by Crippen LogP contribution is -2.01. The number of hydrogen-bond acceptors (Lipinski definition) is 13. The van der Waals surface area contributed by atoms with Gasteiger partial charge in [0.05, 0.1) is 27.4 Å². The summed E-state index contributed by atoms with van der Waals surface area (Å²) in [6.45, 7) is 10.9. The molecule has 0 fully saturated rings. The molecule has 0 aliphatic heterocycles. The first-order chi connectivity index (χ1) is 18.0. The fourth-order valence-electron chi connectivity index (χ4n) is 1.16. The number of methoxy groups -OCH3 is 4. The lowest BCUT2D eigenvalue weighted by molar-refractivity contribution is -0.142. The van der Waals surface area contributed by atoms with Gasteiger partial charge in [0.1, 0.15) is 0 Å². The lowest BCUT2D eigenvalue weighted by Gasteiger charge is -1.96. The first kappa shape index (κ1) is 48.7. The molecule has 0 amide bonds. The maximum absolute atomic E-state index is 10.2. The maximum atomic E-state index is 10.2. The quantitative estimate of drug-likeness (QED) is 0.177. The van der Waals surface area contributed by atoms with Gasteiger partial charge in [0, 0.05) is 80.4 Å². The molecule has 0 saturated carbocycles. The summed E-state index contributed by atoms with van der Waals surface area (Å²) in [5.41, 5.74) is 0. The van der Waals surface area contributed by atoms with E-state index in [2.05, 4.69) is 28.4 Å². The smallest absolute Gasteiger partial charge is 0.305 e. The van der Waals surface area contributed by atoms with Crippen LogP contribution in [0, 0.1) is 0 Å². The molecule has 13 nitrogen and oxygen atoms in total. The van der Waals surface area contributed by atoms with Gasteiger partial charge in [0.15, 0.2) is 0 Å². The Bertz CT molecular complexity index is 460. The fourth-order valence-corrected chi connectivity index (χ4v) is 1.16. The topological polar surface area (TPSA) is 184 Å². The minimum absolute atomic E-state index is 0.0507. The van der Waals surface area contributed by atoms with Crippen molar-refractivity contribution in [2.75, 3.05) is 74.7 Å². The number of ether oxygens (including phenoxy) is 6. The molecule has 0 aromatic rings. The molecule has 232 valence electrons. The molecule has 0 aliphatic carbocycles. The minimum Gasteiger partial charge on any atom is -0.469 e. The van der Waals surface area contributed by atoms with E-state index in [0.717, 1.165) is 13.0 Å². The van der Waals surface area contributed by atoms with Gasteiger partial charge in [0.25, 0.3) is 0 Å². The molecule has 13 heteroatoms. The van der Waals surface area contributed by atoms with Crippen LogP contribution in [-0.2, 0) is 47.6 Å². The average molecular weight is 563 g/mol. The summed E-state index contributed by atoms with van der Waals surface area (Å²) < 4.78 is 26.6. The van der Waals surface area contributed by atoms with Gasteiger partial charge in [0.2, 0.25) is 0 Å². The zero-order valence-corrected chi connectivity index (χ0v) is 24.9. The fraction of sp³-hybridized carbons (Fsp3) is 0.840. The highest BCUT2D eigenvalue weighted by molar-refractivity contribution is 5.69. The van der Waals surface area contributed by atoms with E-state index in [0.29, 0.717) is 45.5 Å². The molecule has 0 bridgehead atoms. The van der Waals surface area contributed by atoms with E-state index >= 15 is 0 Å². The Labute approximate surface area is 228 Å². The highest BCUT2D eigenvalue weighted by Gasteiger charge is 1.95. The molecule has 0 rings (SSSR count). The van der Waals surface area contributed by atoms with E-state index in [1.54, 1.807) is 28.1 Å². The second-order valence-electron chi connectivity index (χ2n) is 6.32. The molecule has 0 heterocycles. The Morgan fingerprint density at radius 1 is 0.579 bits per heavy atom. The van der Waals surface area contributed by atoms with Crippen LogP contribution in [0.5, 0.6) is 0 Å².